The average molecular weight is 414 g/mol. The first-order chi connectivity index (χ1) is 14.7. The fourth-order valence-electron chi connectivity index (χ4n) is 6.95. The Hall–Kier alpha value is -2.25. The van der Waals surface area contributed by atoms with Crippen LogP contribution < -0.4 is 4.90 Å². The lowest BCUT2D eigenvalue weighted by Crippen LogP contribution is -2.43. The Morgan fingerprint density at radius 3 is 1.83 bits per heavy atom. The Balaban J connectivity index is 1.35. The maximum absolute atomic E-state index is 6.33. The van der Waals surface area contributed by atoms with Crippen LogP contribution in [0.5, 0.6) is 0 Å². The summed E-state index contributed by atoms with van der Waals surface area (Å²) >= 11 is 6.33. The fraction of sp³-hybridized carbons (Fsp3) is 0.357. The summed E-state index contributed by atoms with van der Waals surface area (Å²) in [6.45, 7) is 0. The third kappa shape index (κ3) is 3.24. The Morgan fingerprint density at radius 2 is 1.20 bits per heavy atom. The van der Waals surface area contributed by atoms with E-state index < -0.39 is 0 Å². The molecule has 4 fully saturated rings. The molecular formula is C28H28ClN. The van der Waals surface area contributed by atoms with Crippen molar-refractivity contribution >= 4 is 28.7 Å². The maximum Gasteiger partial charge on any atom is 0.0476 e. The summed E-state index contributed by atoms with van der Waals surface area (Å²) in [6.07, 6.45) is 7.40. The number of rotatable bonds is 4. The molecule has 152 valence electrons. The normalized spacial score (nSPS) is 29.2. The first-order valence-corrected chi connectivity index (χ1v) is 11.8. The zero-order valence-corrected chi connectivity index (χ0v) is 18.0. The molecule has 0 unspecified atom stereocenters. The van der Waals surface area contributed by atoms with Gasteiger partial charge in [-0.15, -0.1) is 0 Å². The molecule has 0 aliphatic heterocycles. The predicted molar refractivity (Wildman–Crippen MR) is 126 cm³/mol. The molecule has 0 aromatic heterocycles. The number of hydrogen-bond donors (Lipinski definition) is 0. The number of nitrogens with zero attached hydrogens (tertiary/aromatic N) is 1. The average Bonchev–Trinajstić information content (AvgIpc) is 2.75. The van der Waals surface area contributed by atoms with E-state index in [1.807, 2.05) is 18.2 Å². The summed E-state index contributed by atoms with van der Waals surface area (Å²) in [5.41, 5.74) is 5.00. The summed E-state index contributed by atoms with van der Waals surface area (Å²) < 4.78 is 0. The number of halogens is 1. The molecule has 0 atom stereocenters. The molecule has 3 aromatic carbocycles. The molecule has 3 aromatic rings. The van der Waals surface area contributed by atoms with Crippen LogP contribution in [-0.4, -0.2) is 0 Å². The van der Waals surface area contributed by atoms with E-state index in [1.165, 1.54) is 37.8 Å². The molecule has 2 heteroatoms. The minimum atomic E-state index is 0.763. The molecule has 0 spiro atoms. The van der Waals surface area contributed by atoms with Gasteiger partial charge in [0.15, 0.2) is 0 Å². The summed E-state index contributed by atoms with van der Waals surface area (Å²) in [5, 5.41) is 0.763. The van der Waals surface area contributed by atoms with Gasteiger partial charge >= 0.3 is 0 Å². The van der Waals surface area contributed by atoms with Gasteiger partial charge in [0, 0.05) is 22.1 Å². The van der Waals surface area contributed by atoms with E-state index in [0.29, 0.717) is 0 Å². The quantitative estimate of drug-likeness (QED) is 0.415. The van der Waals surface area contributed by atoms with E-state index in [2.05, 4.69) is 65.6 Å². The predicted octanol–water partition coefficient (Wildman–Crippen LogP) is 8.35. The fourth-order valence-corrected chi connectivity index (χ4v) is 7.14. The molecule has 0 saturated heterocycles. The lowest BCUT2D eigenvalue weighted by molar-refractivity contribution is -0.00277. The molecule has 4 saturated carbocycles. The largest absolute Gasteiger partial charge is 0.310 e. The van der Waals surface area contributed by atoms with Crippen molar-refractivity contribution in [2.45, 2.75) is 38.0 Å². The number of para-hydroxylation sites is 1. The molecule has 0 radical (unpaired) electrons. The summed E-state index contributed by atoms with van der Waals surface area (Å²) in [6, 6.07) is 28.1. The third-order valence-electron chi connectivity index (χ3n) is 7.84. The van der Waals surface area contributed by atoms with E-state index in [0.717, 1.165) is 46.0 Å². The second-order valence-corrected chi connectivity index (χ2v) is 10.1. The molecule has 4 aliphatic rings. The number of anilines is 3. The van der Waals surface area contributed by atoms with Crippen LogP contribution in [0, 0.1) is 23.7 Å². The van der Waals surface area contributed by atoms with E-state index in [-0.39, 0.29) is 0 Å². The molecule has 0 heterocycles. The van der Waals surface area contributed by atoms with Crippen LogP contribution in [0.2, 0.25) is 5.02 Å². The van der Waals surface area contributed by atoms with Crippen molar-refractivity contribution in [3.05, 3.63) is 89.4 Å². The zero-order valence-electron chi connectivity index (χ0n) is 17.3. The molecule has 4 bridgehead atoms. The highest BCUT2D eigenvalue weighted by atomic mass is 35.5. The van der Waals surface area contributed by atoms with Crippen molar-refractivity contribution in [1.82, 2.24) is 0 Å². The van der Waals surface area contributed by atoms with Crippen LogP contribution in [0.4, 0.5) is 17.1 Å². The summed E-state index contributed by atoms with van der Waals surface area (Å²) in [7, 11) is 0. The van der Waals surface area contributed by atoms with Gasteiger partial charge in [0.05, 0.1) is 0 Å². The van der Waals surface area contributed by atoms with Gasteiger partial charge in [0.1, 0.15) is 0 Å². The molecule has 0 amide bonds. The smallest absolute Gasteiger partial charge is 0.0476 e. The van der Waals surface area contributed by atoms with Crippen molar-refractivity contribution in [2.75, 3.05) is 4.90 Å². The van der Waals surface area contributed by atoms with Gasteiger partial charge in [0.2, 0.25) is 0 Å². The maximum atomic E-state index is 6.33. The summed E-state index contributed by atoms with van der Waals surface area (Å²) in [4.78, 5) is 2.30. The van der Waals surface area contributed by atoms with Gasteiger partial charge in [-0.1, -0.05) is 48.0 Å². The molecule has 7 rings (SSSR count). The number of benzene rings is 3. The highest BCUT2D eigenvalue weighted by Gasteiger charge is 2.48. The Labute approximate surface area is 184 Å². The Kier molecular flexibility index (Phi) is 4.61. The van der Waals surface area contributed by atoms with Crippen LogP contribution in [-0.2, 0) is 0 Å². The van der Waals surface area contributed by atoms with Gasteiger partial charge in [-0.3, -0.25) is 0 Å². The minimum Gasteiger partial charge on any atom is -0.310 e. The third-order valence-corrected chi connectivity index (χ3v) is 8.08. The topological polar surface area (TPSA) is 3.24 Å². The standard InChI is InChI=1S/C28H28ClN/c29-24-5-4-8-27(18-24)30(25-6-2-1-3-7-25)26-11-9-21(10-12-26)28-22-14-19-13-20(16-22)17-23(28)15-19/h1-12,18-20,22-23,28H,13-17H2. The SMILES string of the molecule is Clc1cccc(N(c2ccccc2)c2ccc(C3C4CC5CC(C4)CC3C5)cc2)c1. The van der Waals surface area contributed by atoms with Gasteiger partial charge in [-0.05, 0) is 110 Å². The second-order valence-electron chi connectivity index (χ2n) is 9.70. The molecule has 4 aliphatic carbocycles. The van der Waals surface area contributed by atoms with Crippen molar-refractivity contribution in [1.29, 1.82) is 0 Å². The lowest BCUT2D eigenvalue weighted by Gasteiger charge is -2.54. The molecule has 30 heavy (non-hydrogen) atoms. The van der Waals surface area contributed by atoms with Crippen molar-refractivity contribution in [3.63, 3.8) is 0 Å². The first-order valence-electron chi connectivity index (χ1n) is 11.5. The second kappa shape index (κ2) is 7.46. The van der Waals surface area contributed by atoms with Crippen LogP contribution >= 0.6 is 11.6 Å². The van der Waals surface area contributed by atoms with Gasteiger partial charge in [0.25, 0.3) is 0 Å². The molecule has 1 nitrogen and oxygen atoms in total. The van der Waals surface area contributed by atoms with Crippen molar-refractivity contribution in [2.24, 2.45) is 23.7 Å². The molecular weight excluding hydrogens is 386 g/mol. The first kappa shape index (κ1) is 18.5. The van der Waals surface area contributed by atoms with Crippen LogP contribution in [0.1, 0.15) is 43.6 Å². The van der Waals surface area contributed by atoms with E-state index in [1.54, 1.807) is 5.56 Å². The van der Waals surface area contributed by atoms with Crippen LogP contribution in [0.15, 0.2) is 78.9 Å². The van der Waals surface area contributed by atoms with Crippen LogP contribution in [0.25, 0.3) is 0 Å². The van der Waals surface area contributed by atoms with Crippen molar-refractivity contribution < 1.29 is 0 Å². The van der Waals surface area contributed by atoms with E-state index in [9.17, 15) is 0 Å². The highest BCUT2D eigenvalue weighted by Crippen LogP contribution is 2.59. The van der Waals surface area contributed by atoms with Crippen LogP contribution in [0.3, 0.4) is 0 Å². The highest BCUT2D eigenvalue weighted by molar-refractivity contribution is 6.30. The van der Waals surface area contributed by atoms with E-state index in [4.69, 9.17) is 11.6 Å². The van der Waals surface area contributed by atoms with Gasteiger partial charge < -0.3 is 4.90 Å². The monoisotopic (exact) mass is 413 g/mol. The lowest BCUT2D eigenvalue weighted by atomic mass is 9.51. The van der Waals surface area contributed by atoms with E-state index >= 15 is 0 Å². The van der Waals surface area contributed by atoms with Crippen molar-refractivity contribution in [3.8, 4) is 0 Å². The van der Waals surface area contributed by atoms with Gasteiger partial charge in [-0.25, -0.2) is 0 Å². The Morgan fingerprint density at radius 1 is 0.600 bits per heavy atom. The summed E-state index contributed by atoms with van der Waals surface area (Å²) in [5.74, 6) is 4.68. The number of hydrogen-bond acceptors (Lipinski definition) is 1. The Bertz CT molecular complexity index is 998. The molecule has 0 N–H and O–H groups in total. The minimum absolute atomic E-state index is 0.763. The zero-order chi connectivity index (χ0) is 20.1. The van der Waals surface area contributed by atoms with Gasteiger partial charge in [-0.2, -0.15) is 0 Å².